The predicted molar refractivity (Wildman–Crippen MR) is 138 cm³/mol. The zero-order valence-electron chi connectivity index (χ0n) is 21.3. The van der Waals surface area contributed by atoms with Gasteiger partial charge in [-0.3, -0.25) is 4.79 Å². The fourth-order valence-corrected chi connectivity index (χ4v) is 5.34. The van der Waals surface area contributed by atoms with Crippen LogP contribution in [0, 0.1) is 6.92 Å². The average molecular weight is 497 g/mol. The minimum absolute atomic E-state index is 0.0799. The second kappa shape index (κ2) is 11.2. The van der Waals surface area contributed by atoms with Crippen LogP contribution in [0.4, 0.5) is 0 Å². The van der Waals surface area contributed by atoms with Crippen LogP contribution in [0.25, 0.3) is 0 Å². The molecule has 35 heavy (non-hydrogen) atoms. The molecule has 0 saturated carbocycles. The van der Waals surface area contributed by atoms with Crippen LogP contribution in [0.3, 0.4) is 0 Å². The lowest BCUT2D eigenvalue weighted by molar-refractivity contribution is -0.133. The van der Waals surface area contributed by atoms with Crippen molar-refractivity contribution in [2.75, 3.05) is 13.1 Å². The summed E-state index contributed by atoms with van der Waals surface area (Å²) in [5.74, 6) is 1.15. The molecule has 0 radical (unpaired) electrons. The summed E-state index contributed by atoms with van der Waals surface area (Å²) >= 11 is 0. The number of hydrogen-bond acceptors (Lipinski definition) is 4. The number of furan rings is 1. The fourth-order valence-electron chi connectivity index (χ4n) is 3.85. The summed E-state index contributed by atoms with van der Waals surface area (Å²) in [6, 6.07) is 20.3. The van der Waals surface area contributed by atoms with Crippen LogP contribution in [-0.2, 0) is 33.3 Å². The Bertz CT molecular complexity index is 1210. The minimum atomic E-state index is -3.83. The van der Waals surface area contributed by atoms with Crippen LogP contribution >= 0.6 is 0 Å². The van der Waals surface area contributed by atoms with E-state index in [9.17, 15) is 13.2 Å². The Morgan fingerprint density at radius 3 is 2.11 bits per heavy atom. The van der Waals surface area contributed by atoms with Crippen LogP contribution in [0.1, 0.15) is 56.8 Å². The van der Waals surface area contributed by atoms with E-state index in [0.717, 1.165) is 16.9 Å². The first kappa shape index (κ1) is 26.7. The van der Waals surface area contributed by atoms with Gasteiger partial charge in [0.1, 0.15) is 11.5 Å². The third-order valence-corrected chi connectivity index (χ3v) is 7.71. The molecule has 0 aliphatic heterocycles. The maximum absolute atomic E-state index is 13.5. The van der Waals surface area contributed by atoms with Crippen LogP contribution in [0.2, 0.25) is 0 Å². The van der Waals surface area contributed by atoms with Gasteiger partial charge in [0, 0.05) is 13.1 Å². The lowest BCUT2D eigenvalue weighted by Crippen LogP contribution is -2.42. The average Bonchev–Trinajstić information content (AvgIpc) is 3.23. The Morgan fingerprint density at radius 1 is 0.914 bits per heavy atom. The largest absolute Gasteiger partial charge is 0.464 e. The van der Waals surface area contributed by atoms with Crippen molar-refractivity contribution in [1.29, 1.82) is 0 Å². The highest BCUT2D eigenvalue weighted by molar-refractivity contribution is 7.89. The first-order valence-corrected chi connectivity index (χ1v) is 13.4. The van der Waals surface area contributed by atoms with E-state index in [1.807, 2.05) is 68.4 Å². The number of hydrogen-bond donors (Lipinski definition) is 0. The first-order valence-electron chi connectivity index (χ1n) is 12.0. The van der Waals surface area contributed by atoms with Gasteiger partial charge in [-0.2, -0.15) is 4.31 Å². The van der Waals surface area contributed by atoms with E-state index in [0.29, 0.717) is 18.7 Å². The quantitative estimate of drug-likeness (QED) is 0.371. The maximum atomic E-state index is 13.5. The number of aryl methyl sites for hydroxylation is 1. The minimum Gasteiger partial charge on any atom is -0.464 e. The van der Waals surface area contributed by atoms with Gasteiger partial charge in [-0.25, -0.2) is 8.42 Å². The Kier molecular flexibility index (Phi) is 8.56. The molecule has 0 saturated heterocycles. The molecule has 188 valence electrons. The molecule has 3 rings (SSSR count). The first-order chi connectivity index (χ1) is 16.5. The number of amides is 1. The SMILES string of the molecule is CCCN(CC(=O)N(Cc1ccccc1)Cc1ccc(C)o1)S(=O)(=O)c1ccc(C(C)(C)C)cc1. The highest BCUT2D eigenvalue weighted by Gasteiger charge is 2.29. The number of benzene rings is 2. The van der Waals surface area contributed by atoms with Crippen molar-refractivity contribution in [2.45, 2.75) is 64.4 Å². The third-order valence-electron chi connectivity index (χ3n) is 5.85. The van der Waals surface area contributed by atoms with Crippen molar-refractivity contribution in [3.05, 3.63) is 89.4 Å². The van der Waals surface area contributed by atoms with E-state index in [-0.39, 0.29) is 35.9 Å². The smallest absolute Gasteiger partial charge is 0.243 e. The number of nitrogens with zero attached hydrogens (tertiary/aromatic N) is 2. The second-order valence-electron chi connectivity index (χ2n) is 9.86. The van der Waals surface area contributed by atoms with Crippen LogP contribution in [0.15, 0.2) is 76.0 Å². The van der Waals surface area contributed by atoms with Crippen molar-refractivity contribution in [3.8, 4) is 0 Å². The van der Waals surface area contributed by atoms with E-state index in [4.69, 9.17) is 4.42 Å². The van der Waals surface area contributed by atoms with Crippen molar-refractivity contribution in [1.82, 2.24) is 9.21 Å². The van der Waals surface area contributed by atoms with Crippen molar-refractivity contribution in [2.24, 2.45) is 0 Å². The maximum Gasteiger partial charge on any atom is 0.243 e. The van der Waals surface area contributed by atoms with E-state index in [1.165, 1.54) is 4.31 Å². The van der Waals surface area contributed by atoms with Gasteiger partial charge in [0.15, 0.2) is 0 Å². The normalized spacial score (nSPS) is 12.2. The third kappa shape index (κ3) is 7.05. The molecule has 0 unspecified atom stereocenters. The predicted octanol–water partition coefficient (Wildman–Crippen LogP) is 5.52. The van der Waals surface area contributed by atoms with Gasteiger partial charge in [0.05, 0.1) is 18.0 Å². The summed E-state index contributed by atoms with van der Waals surface area (Å²) in [5.41, 5.74) is 1.94. The Balaban J connectivity index is 1.85. The van der Waals surface area contributed by atoms with Crippen LogP contribution < -0.4 is 0 Å². The summed E-state index contributed by atoms with van der Waals surface area (Å²) in [4.78, 5) is 15.3. The molecule has 0 aliphatic rings. The molecule has 1 heterocycles. The summed E-state index contributed by atoms with van der Waals surface area (Å²) < 4.78 is 34.0. The lowest BCUT2D eigenvalue weighted by Gasteiger charge is -2.27. The molecular weight excluding hydrogens is 460 g/mol. The second-order valence-corrected chi connectivity index (χ2v) is 11.8. The zero-order valence-corrected chi connectivity index (χ0v) is 22.1. The van der Waals surface area contributed by atoms with Crippen LogP contribution in [0.5, 0.6) is 0 Å². The molecule has 0 bridgehead atoms. The Morgan fingerprint density at radius 2 is 1.57 bits per heavy atom. The van der Waals surface area contributed by atoms with Gasteiger partial charge in [-0.1, -0.05) is 70.2 Å². The van der Waals surface area contributed by atoms with Gasteiger partial charge in [-0.15, -0.1) is 0 Å². The Labute approximate surface area is 209 Å². The molecule has 0 fully saturated rings. The molecule has 0 N–H and O–H groups in total. The summed E-state index contributed by atoms with van der Waals surface area (Å²) in [6.45, 7) is 10.7. The van der Waals surface area contributed by atoms with E-state index in [1.54, 1.807) is 17.0 Å². The number of sulfonamides is 1. The fraction of sp³-hybridized carbons (Fsp3) is 0.393. The standard InChI is InChI=1S/C28H36N2O4S/c1-6-18-30(35(32,33)26-16-13-24(14-17-26)28(3,4)5)21-27(31)29(19-23-10-8-7-9-11-23)20-25-15-12-22(2)34-25/h7-17H,6,18-21H2,1-5H3. The topological polar surface area (TPSA) is 70.8 Å². The molecule has 2 aromatic carbocycles. The molecule has 6 nitrogen and oxygen atoms in total. The molecule has 1 amide bonds. The van der Waals surface area contributed by atoms with Crippen molar-refractivity contribution in [3.63, 3.8) is 0 Å². The summed E-state index contributed by atoms with van der Waals surface area (Å²) in [5, 5.41) is 0. The van der Waals surface area contributed by atoms with Crippen LogP contribution in [-0.4, -0.2) is 36.6 Å². The number of rotatable bonds is 10. The zero-order chi connectivity index (χ0) is 25.6. The molecule has 0 atom stereocenters. The number of carbonyl (C=O) groups is 1. The Hall–Kier alpha value is -2.90. The molecular formula is C28H36N2O4S. The summed E-state index contributed by atoms with van der Waals surface area (Å²) in [7, 11) is -3.83. The van der Waals surface area contributed by atoms with E-state index >= 15 is 0 Å². The van der Waals surface area contributed by atoms with E-state index < -0.39 is 10.0 Å². The van der Waals surface area contributed by atoms with Gasteiger partial charge in [0.25, 0.3) is 0 Å². The van der Waals surface area contributed by atoms with Gasteiger partial charge >= 0.3 is 0 Å². The highest BCUT2D eigenvalue weighted by atomic mass is 32.2. The molecule has 0 aliphatic carbocycles. The van der Waals surface area contributed by atoms with Crippen molar-refractivity contribution < 1.29 is 17.6 Å². The van der Waals surface area contributed by atoms with E-state index in [2.05, 4.69) is 20.8 Å². The van der Waals surface area contributed by atoms with Crippen molar-refractivity contribution >= 4 is 15.9 Å². The highest BCUT2D eigenvalue weighted by Crippen LogP contribution is 2.25. The lowest BCUT2D eigenvalue weighted by atomic mass is 9.87. The monoisotopic (exact) mass is 496 g/mol. The van der Waals surface area contributed by atoms with Gasteiger partial charge < -0.3 is 9.32 Å². The number of carbonyl (C=O) groups excluding carboxylic acids is 1. The molecule has 1 aromatic heterocycles. The summed E-state index contributed by atoms with van der Waals surface area (Å²) in [6.07, 6.45) is 0.600. The van der Waals surface area contributed by atoms with Gasteiger partial charge in [0.2, 0.25) is 15.9 Å². The molecule has 3 aromatic rings. The molecule has 0 spiro atoms. The van der Waals surface area contributed by atoms with Gasteiger partial charge in [-0.05, 0) is 54.2 Å². The molecule has 7 heteroatoms.